The molecule has 1 aromatic carbocycles. The topological polar surface area (TPSA) is 49.5 Å². The molecule has 0 aromatic heterocycles. The van der Waals surface area contributed by atoms with Gasteiger partial charge in [0.25, 0.3) is 6.20 Å². The minimum Gasteiger partial charge on any atom is -0.496 e. The van der Waals surface area contributed by atoms with Crippen molar-refractivity contribution in [3.05, 3.63) is 40.4 Å². The molecule has 1 aromatic rings. The molecule has 0 atom stereocenters. The molecule has 1 rings (SSSR count). The quantitative estimate of drug-likeness (QED) is 0.797. The van der Waals surface area contributed by atoms with Crippen LogP contribution in [0, 0.1) is 4.91 Å². The molecule has 0 bridgehead atoms. The number of hydrogen-bond donors (Lipinski definition) is 1. The van der Waals surface area contributed by atoms with Crippen molar-refractivity contribution in [3.63, 3.8) is 0 Å². The lowest BCUT2D eigenvalue weighted by molar-refractivity contribution is -0.741. The summed E-state index contributed by atoms with van der Waals surface area (Å²) in [5.74, 6) is 1.06. The van der Waals surface area contributed by atoms with Crippen LogP contribution in [-0.4, -0.2) is 17.2 Å². The normalized spacial score (nSPS) is 11.0. The van der Waals surface area contributed by atoms with Gasteiger partial charge in [-0.15, -0.1) is 0 Å². The first-order valence-electron chi connectivity index (χ1n) is 5.06. The predicted octanol–water partition coefficient (Wildman–Crippen LogP) is 2.96. The average molecular weight is 222 g/mol. The molecule has 4 nitrogen and oxygen atoms in total. The number of benzene rings is 1. The Morgan fingerprint density at radius 2 is 2.12 bits per heavy atom. The van der Waals surface area contributed by atoms with Crippen LogP contribution in [0.5, 0.6) is 5.75 Å². The van der Waals surface area contributed by atoms with Crippen LogP contribution in [-0.2, 0) is 0 Å². The summed E-state index contributed by atoms with van der Waals surface area (Å²) in [5, 5.41) is 8.53. The van der Waals surface area contributed by atoms with Crippen LogP contribution >= 0.6 is 0 Å². The Bertz CT molecular complexity index is 411. The fourth-order valence-electron chi connectivity index (χ4n) is 1.65. The van der Waals surface area contributed by atoms with E-state index < -0.39 is 0 Å². The summed E-state index contributed by atoms with van der Waals surface area (Å²) in [7, 11) is 1.61. The van der Waals surface area contributed by atoms with Crippen molar-refractivity contribution in [2.24, 2.45) is 0 Å². The summed E-state index contributed by atoms with van der Waals surface area (Å²) in [4.78, 5) is 10.2. The fourth-order valence-corrected chi connectivity index (χ4v) is 1.65. The van der Waals surface area contributed by atoms with E-state index >= 15 is 0 Å². The summed E-state index contributed by atoms with van der Waals surface area (Å²) in [5.41, 5.74) is 1.88. The molecule has 0 spiro atoms. The van der Waals surface area contributed by atoms with Crippen LogP contribution in [0.25, 0.3) is 6.08 Å². The number of ether oxygens (including phenoxy) is 1. The molecule has 0 aliphatic heterocycles. The van der Waals surface area contributed by atoms with E-state index in [0.717, 1.165) is 23.1 Å². The number of hydrogen-bond acceptors (Lipinski definition) is 2. The Labute approximate surface area is 94.7 Å². The summed E-state index contributed by atoms with van der Waals surface area (Å²) < 4.78 is 5.27. The fraction of sp³-hybridized carbons (Fsp3) is 0.333. The molecular formula is C12H16NO3+. The van der Waals surface area contributed by atoms with Gasteiger partial charge in [0.2, 0.25) is 4.92 Å². The van der Waals surface area contributed by atoms with Crippen LogP contribution in [0.1, 0.15) is 30.9 Å². The Balaban J connectivity index is 3.22. The van der Waals surface area contributed by atoms with Crippen LogP contribution in [0.3, 0.4) is 0 Å². The van der Waals surface area contributed by atoms with E-state index in [-0.39, 0.29) is 10.8 Å². The van der Waals surface area contributed by atoms with E-state index in [1.54, 1.807) is 13.2 Å². The molecule has 4 heteroatoms. The van der Waals surface area contributed by atoms with E-state index in [2.05, 4.69) is 0 Å². The molecular weight excluding hydrogens is 206 g/mol. The molecule has 0 aliphatic rings. The molecule has 1 N–H and O–H groups in total. The molecule has 0 saturated heterocycles. The van der Waals surface area contributed by atoms with Gasteiger partial charge in [-0.1, -0.05) is 26.0 Å². The van der Waals surface area contributed by atoms with Gasteiger partial charge in [0.15, 0.2) is 0 Å². The molecule has 0 amide bonds. The van der Waals surface area contributed by atoms with Crippen molar-refractivity contribution in [2.45, 2.75) is 19.8 Å². The van der Waals surface area contributed by atoms with Crippen molar-refractivity contribution in [3.8, 4) is 5.75 Å². The maximum atomic E-state index is 10.4. The molecule has 0 radical (unpaired) electrons. The first-order chi connectivity index (χ1) is 7.56. The largest absolute Gasteiger partial charge is 0.496 e. The minimum absolute atomic E-state index is 0.219. The first-order valence-corrected chi connectivity index (χ1v) is 5.06. The lowest BCUT2D eigenvalue weighted by atomic mass is 9.96. The van der Waals surface area contributed by atoms with E-state index in [9.17, 15) is 4.91 Å². The van der Waals surface area contributed by atoms with Gasteiger partial charge in [0, 0.05) is 11.6 Å². The molecule has 86 valence electrons. The van der Waals surface area contributed by atoms with E-state index in [1.165, 1.54) is 0 Å². The molecule has 0 fully saturated rings. The van der Waals surface area contributed by atoms with Crippen LogP contribution in [0.4, 0.5) is 0 Å². The third-order valence-electron chi connectivity index (χ3n) is 2.28. The standard InChI is InChI=1S/C12H16NO3/c1-9(2)12-10(7-8-13(14)15)5-4-6-11(12)16-3/h4-9H,1-3H3,(H,14,15)/q+1/b8-7+. The van der Waals surface area contributed by atoms with Crippen molar-refractivity contribution in [2.75, 3.05) is 7.11 Å². The van der Waals surface area contributed by atoms with Gasteiger partial charge in [-0.3, -0.25) is 0 Å². The second-order valence-corrected chi connectivity index (χ2v) is 3.74. The highest BCUT2D eigenvalue weighted by atomic mass is 16.6. The number of nitrogens with zero attached hydrogens (tertiary/aromatic N) is 1. The van der Waals surface area contributed by atoms with Gasteiger partial charge in [-0.05, 0) is 17.5 Å². The molecule has 0 saturated carbocycles. The van der Waals surface area contributed by atoms with Crippen molar-refractivity contribution in [1.82, 2.24) is 0 Å². The third-order valence-corrected chi connectivity index (χ3v) is 2.28. The second kappa shape index (κ2) is 5.30. The third kappa shape index (κ3) is 2.82. The smallest absolute Gasteiger partial charge is 0.282 e. The van der Waals surface area contributed by atoms with Crippen molar-refractivity contribution < 1.29 is 14.9 Å². The van der Waals surface area contributed by atoms with Gasteiger partial charge in [-0.2, -0.15) is 0 Å². The molecule has 16 heavy (non-hydrogen) atoms. The zero-order valence-electron chi connectivity index (χ0n) is 9.68. The highest BCUT2D eigenvalue weighted by Gasteiger charge is 2.11. The van der Waals surface area contributed by atoms with Gasteiger partial charge in [0.1, 0.15) is 5.75 Å². The zero-order valence-corrected chi connectivity index (χ0v) is 9.68. The second-order valence-electron chi connectivity index (χ2n) is 3.74. The molecule has 0 heterocycles. The monoisotopic (exact) mass is 222 g/mol. The maximum absolute atomic E-state index is 10.4. The SMILES string of the molecule is COc1cccc(/C=C/[N+](=O)O)c1C(C)C. The highest BCUT2D eigenvalue weighted by molar-refractivity contribution is 5.58. The molecule has 0 unspecified atom stereocenters. The predicted molar refractivity (Wildman–Crippen MR) is 61.5 cm³/mol. The van der Waals surface area contributed by atoms with Gasteiger partial charge >= 0.3 is 0 Å². The van der Waals surface area contributed by atoms with E-state index in [4.69, 9.17) is 9.94 Å². The maximum Gasteiger partial charge on any atom is 0.282 e. The van der Waals surface area contributed by atoms with Gasteiger partial charge in [-0.25, -0.2) is 5.21 Å². The highest BCUT2D eigenvalue weighted by Crippen LogP contribution is 2.30. The Morgan fingerprint density at radius 1 is 1.44 bits per heavy atom. The summed E-state index contributed by atoms with van der Waals surface area (Å²) in [6, 6.07) is 5.59. The van der Waals surface area contributed by atoms with Crippen LogP contribution in [0.2, 0.25) is 0 Å². The van der Waals surface area contributed by atoms with Crippen LogP contribution in [0.15, 0.2) is 24.4 Å². The lowest BCUT2D eigenvalue weighted by Gasteiger charge is -2.14. The zero-order chi connectivity index (χ0) is 12.1. The average Bonchev–Trinajstić information content (AvgIpc) is 2.25. The summed E-state index contributed by atoms with van der Waals surface area (Å²) >= 11 is 0. The van der Waals surface area contributed by atoms with E-state index in [0.29, 0.717) is 0 Å². The van der Waals surface area contributed by atoms with Crippen molar-refractivity contribution in [1.29, 1.82) is 0 Å². The van der Waals surface area contributed by atoms with Gasteiger partial charge in [0.05, 0.1) is 12.0 Å². The summed E-state index contributed by atoms with van der Waals surface area (Å²) in [6.07, 6.45) is 2.62. The summed E-state index contributed by atoms with van der Waals surface area (Å²) in [6.45, 7) is 4.09. The van der Waals surface area contributed by atoms with Crippen molar-refractivity contribution >= 4 is 6.08 Å². The van der Waals surface area contributed by atoms with Crippen LogP contribution < -0.4 is 4.74 Å². The Morgan fingerprint density at radius 3 is 2.62 bits per heavy atom. The number of methoxy groups -OCH3 is 1. The van der Waals surface area contributed by atoms with E-state index in [1.807, 2.05) is 32.0 Å². The Kier molecular flexibility index (Phi) is 4.05. The van der Waals surface area contributed by atoms with Gasteiger partial charge < -0.3 is 4.74 Å². The first kappa shape index (κ1) is 12.2. The minimum atomic E-state index is -0.219. The molecule has 0 aliphatic carbocycles. The Hall–Kier alpha value is -1.84. The number of rotatable bonds is 4. The lowest BCUT2D eigenvalue weighted by Crippen LogP contribution is -1.98.